The predicted molar refractivity (Wildman–Crippen MR) is 194 cm³/mol. The van der Waals surface area contributed by atoms with Crippen LogP contribution in [-0.2, 0) is 5.41 Å². The SMILES string of the molecule is CC1(C)c2cc(-c3ccc(-c4nc5ccccc5s4)cc3)cc3ccc4cc(-c5ccc6ccc7cccnc7c6n5)cc1c4c23. The van der Waals surface area contributed by atoms with Crippen LogP contribution in [0.1, 0.15) is 25.0 Å². The maximum Gasteiger partial charge on any atom is 0.124 e. The Morgan fingerprint density at radius 2 is 1.17 bits per heavy atom. The minimum atomic E-state index is -0.155. The molecule has 6 aromatic carbocycles. The molecule has 0 bridgehead atoms. The molecule has 9 aromatic rings. The summed E-state index contributed by atoms with van der Waals surface area (Å²) in [7, 11) is 0. The van der Waals surface area contributed by atoms with Crippen LogP contribution in [0.15, 0.2) is 128 Å². The van der Waals surface area contributed by atoms with Gasteiger partial charge in [0.1, 0.15) is 5.01 Å². The van der Waals surface area contributed by atoms with E-state index in [1.165, 1.54) is 48.5 Å². The van der Waals surface area contributed by atoms with Gasteiger partial charge in [-0.1, -0.05) is 86.6 Å². The monoisotopic (exact) mass is 605 g/mol. The van der Waals surface area contributed by atoms with Crippen LogP contribution in [0.2, 0.25) is 0 Å². The lowest BCUT2D eigenvalue weighted by Gasteiger charge is -2.23. The number of benzene rings is 6. The molecule has 216 valence electrons. The Morgan fingerprint density at radius 3 is 1.96 bits per heavy atom. The number of para-hydroxylation sites is 1. The molecule has 0 saturated heterocycles. The van der Waals surface area contributed by atoms with Crippen LogP contribution in [0.25, 0.3) is 86.5 Å². The van der Waals surface area contributed by atoms with Crippen LogP contribution in [-0.4, -0.2) is 15.0 Å². The number of pyridine rings is 2. The number of hydrogen-bond donors (Lipinski definition) is 0. The summed E-state index contributed by atoms with van der Waals surface area (Å²) in [6.45, 7) is 4.73. The fraction of sp³-hybridized carbons (Fsp3) is 0.0714. The van der Waals surface area contributed by atoms with E-state index >= 15 is 0 Å². The van der Waals surface area contributed by atoms with Crippen LogP contribution < -0.4 is 0 Å². The summed E-state index contributed by atoms with van der Waals surface area (Å²) in [5, 5.41) is 8.57. The van der Waals surface area contributed by atoms with E-state index in [0.29, 0.717) is 0 Å². The molecule has 10 rings (SSSR count). The zero-order valence-corrected chi connectivity index (χ0v) is 26.2. The number of rotatable bonds is 3. The van der Waals surface area contributed by atoms with Crippen molar-refractivity contribution < 1.29 is 0 Å². The summed E-state index contributed by atoms with van der Waals surface area (Å²) in [5.74, 6) is 0. The standard InChI is InChI=1S/C42H27N3S/c1-42(2)32-22-30(24-9-13-27(14-10-24)41-45-35-7-3-4-8-36(35)46-41)20-28-15-16-29-21-31(23-33(42)38(29)37(28)32)34-18-17-26-12-11-25-6-5-19-43-39(25)40(26)44-34/h3-23H,1-2H3. The highest BCUT2D eigenvalue weighted by molar-refractivity contribution is 7.21. The van der Waals surface area contributed by atoms with Crippen molar-refractivity contribution in [1.29, 1.82) is 0 Å². The summed E-state index contributed by atoms with van der Waals surface area (Å²) in [4.78, 5) is 14.7. The first-order valence-corrected chi connectivity index (χ1v) is 16.5. The Balaban J connectivity index is 1.08. The van der Waals surface area contributed by atoms with Crippen LogP contribution in [0.3, 0.4) is 0 Å². The molecule has 1 aliphatic carbocycles. The highest BCUT2D eigenvalue weighted by Gasteiger charge is 2.35. The van der Waals surface area contributed by atoms with Crippen LogP contribution in [0.5, 0.6) is 0 Å². The van der Waals surface area contributed by atoms with Crippen molar-refractivity contribution in [3.63, 3.8) is 0 Å². The van der Waals surface area contributed by atoms with Crippen molar-refractivity contribution >= 4 is 64.9 Å². The molecule has 3 heterocycles. The van der Waals surface area contributed by atoms with Crippen molar-refractivity contribution in [3.8, 4) is 33.0 Å². The van der Waals surface area contributed by atoms with Crippen molar-refractivity contribution in [3.05, 3.63) is 139 Å². The topological polar surface area (TPSA) is 38.7 Å². The lowest BCUT2D eigenvalue weighted by molar-refractivity contribution is 0.663. The van der Waals surface area contributed by atoms with Gasteiger partial charge < -0.3 is 0 Å². The minimum Gasteiger partial charge on any atom is -0.254 e. The molecule has 46 heavy (non-hydrogen) atoms. The lowest BCUT2D eigenvalue weighted by atomic mass is 9.80. The van der Waals surface area contributed by atoms with Crippen LogP contribution in [0, 0.1) is 0 Å². The molecule has 0 spiro atoms. The number of thiazole rings is 1. The molecule has 1 aliphatic rings. The van der Waals surface area contributed by atoms with Crippen LogP contribution >= 0.6 is 11.3 Å². The summed E-state index contributed by atoms with van der Waals surface area (Å²) in [6, 6.07) is 43.9. The van der Waals surface area contributed by atoms with Crippen molar-refractivity contribution in [2.45, 2.75) is 19.3 Å². The number of nitrogens with zero attached hydrogens (tertiary/aromatic N) is 3. The van der Waals surface area contributed by atoms with E-state index in [4.69, 9.17) is 9.97 Å². The highest BCUT2D eigenvalue weighted by atomic mass is 32.1. The lowest BCUT2D eigenvalue weighted by Crippen LogP contribution is -2.15. The number of hydrogen-bond acceptors (Lipinski definition) is 4. The first-order chi connectivity index (χ1) is 22.5. The Kier molecular flexibility index (Phi) is 5.22. The Bertz CT molecular complexity index is 2690. The zero-order valence-electron chi connectivity index (χ0n) is 25.4. The van der Waals surface area contributed by atoms with E-state index in [0.717, 1.165) is 49.2 Å². The van der Waals surface area contributed by atoms with Crippen LogP contribution in [0.4, 0.5) is 0 Å². The van der Waals surface area contributed by atoms with Crippen molar-refractivity contribution in [1.82, 2.24) is 15.0 Å². The largest absolute Gasteiger partial charge is 0.254 e. The zero-order chi connectivity index (χ0) is 30.6. The molecular weight excluding hydrogens is 579 g/mol. The Morgan fingerprint density at radius 1 is 0.522 bits per heavy atom. The molecule has 0 N–H and O–H groups in total. The van der Waals surface area contributed by atoms with E-state index in [1.54, 1.807) is 11.3 Å². The van der Waals surface area contributed by atoms with Gasteiger partial charge in [0, 0.05) is 33.5 Å². The second-order valence-corrected chi connectivity index (χ2v) is 13.9. The van der Waals surface area contributed by atoms with Gasteiger partial charge in [-0.25, -0.2) is 9.97 Å². The predicted octanol–water partition coefficient (Wildman–Crippen LogP) is 11.3. The van der Waals surface area contributed by atoms with E-state index in [2.05, 4.69) is 128 Å². The fourth-order valence-electron chi connectivity index (χ4n) is 7.46. The normalized spacial score (nSPS) is 13.6. The second kappa shape index (κ2) is 9.29. The molecule has 0 atom stereocenters. The molecule has 0 fully saturated rings. The first kappa shape index (κ1) is 25.8. The molecule has 0 aliphatic heterocycles. The van der Waals surface area contributed by atoms with E-state index in [-0.39, 0.29) is 5.41 Å². The molecule has 0 unspecified atom stereocenters. The minimum absolute atomic E-state index is 0.155. The van der Waals surface area contributed by atoms with Gasteiger partial charge in [-0.3, -0.25) is 4.98 Å². The molecule has 3 aromatic heterocycles. The highest BCUT2D eigenvalue weighted by Crippen LogP contribution is 2.51. The third-order valence-electron chi connectivity index (χ3n) is 9.86. The van der Waals surface area contributed by atoms with Crippen molar-refractivity contribution in [2.75, 3.05) is 0 Å². The maximum absolute atomic E-state index is 5.19. The van der Waals surface area contributed by atoms with Gasteiger partial charge in [0.2, 0.25) is 0 Å². The number of fused-ring (bicyclic) bond motifs is 4. The van der Waals surface area contributed by atoms with Crippen molar-refractivity contribution in [2.24, 2.45) is 0 Å². The summed E-state index contributed by atoms with van der Waals surface area (Å²) in [5.41, 5.74) is 11.3. The fourth-order valence-corrected chi connectivity index (χ4v) is 8.43. The van der Waals surface area contributed by atoms with E-state index in [9.17, 15) is 0 Å². The molecular formula is C42H27N3S. The number of aromatic nitrogens is 3. The van der Waals surface area contributed by atoms with Gasteiger partial charge in [0.25, 0.3) is 0 Å². The van der Waals surface area contributed by atoms with Gasteiger partial charge in [-0.05, 0) is 92.3 Å². The summed E-state index contributed by atoms with van der Waals surface area (Å²) in [6.07, 6.45) is 1.85. The van der Waals surface area contributed by atoms with Gasteiger partial charge in [0.15, 0.2) is 0 Å². The third kappa shape index (κ3) is 3.68. The van der Waals surface area contributed by atoms with Gasteiger partial charge in [-0.2, -0.15) is 0 Å². The average molecular weight is 606 g/mol. The Labute approximate surface area is 269 Å². The van der Waals surface area contributed by atoms with E-state index < -0.39 is 0 Å². The van der Waals surface area contributed by atoms with Gasteiger partial charge >= 0.3 is 0 Å². The van der Waals surface area contributed by atoms with Gasteiger partial charge in [-0.15, -0.1) is 11.3 Å². The van der Waals surface area contributed by atoms with E-state index in [1.807, 2.05) is 18.3 Å². The molecule has 4 heteroatoms. The first-order valence-electron chi connectivity index (χ1n) is 15.7. The maximum atomic E-state index is 5.19. The Hall–Kier alpha value is -5.45. The summed E-state index contributed by atoms with van der Waals surface area (Å²) >= 11 is 1.75. The molecule has 0 saturated carbocycles. The quantitative estimate of drug-likeness (QED) is 0.188. The van der Waals surface area contributed by atoms with Gasteiger partial charge in [0.05, 0.1) is 26.9 Å². The molecule has 3 nitrogen and oxygen atoms in total. The second-order valence-electron chi connectivity index (χ2n) is 12.9. The third-order valence-corrected chi connectivity index (χ3v) is 10.9. The smallest absolute Gasteiger partial charge is 0.124 e. The summed E-state index contributed by atoms with van der Waals surface area (Å²) < 4.78 is 1.22. The molecule has 0 radical (unpaired) electrons. The average Bonchev–Trinajstić information content (AvgIpc) is 3.64. The molecule has 0 amide bonds.